The monoisotopic (exact) mass is 401 g/mol. The van der Waals surface area contributed by atoms with Gasteiger partial charge in [-0.3, -0.25) is 14.9 Å². The summed E-state index contributed by atoms with van der Waals surface area (Å²) < 4.78 is 0.810. The topological polar surface area (TPSA) is 71.1 Å². The number of para-hydroxylation sites is 1. The number of benzene rings is 2. The van der Waals surface area contributed by atoms with E-state index in [9.17, 15) is 9.59 Å². The molecule has 2 N–H and O–H groups in total. The Bertz CT molecular complexity index is 881. The molecule has 120 valence electrons. The number of carbonyl (C=O) groups is 2. The number of hydrogen-bond donors (Lipinski definition) is 2. The highest BCUT2D eigenvalue weighted by Crippen LogP contribution is 2.20. The Morgan fingerprint density at radius 1 is 1.00 bits per heavy atom. The lowest BCUT2D eigenvalue weighted by molar-refractivity contribution is 0.102. The molecule has 3 rings (SSSR count). The summed E-state index contributed by atoms with van der Waals surface area (Å²) in [6, 6.07) is 13.9. The maximum atomic E-state index is 12.4. The van der Waals surface area contributed by atoms with Crippen molar-refractivity contribution in [2.75, 3.05) is 10.6 Å². The highest BCUT2D eigenvalue weighted by Gasteiger charge is 2.15. The highest BCUT2D eigenvalue weighted by molar-refractivity contribution is 9.10. The molecule has 2 aromatic carbocycles. The summed E-state index contributed by atoms with van der Waals surface area (Å²) in [7, 11) is 0. The Morgan fingerprint density at radius 3 is 2.58 bits per heavy atom. The standard InChI is InChI=1S/C17H12BrN3O2S/c18-12-5-3-4-11(10-12)15(22)20-14-7-2-1-6-13(14)16(23)21-17-19-8-9-24-17/h1-10H,(H,20,22)(H,19,21,23). The van der Waals surface area contributed by atoms with E-state index in [1.807, 2.05) is 6.07 Å². The van der Waals surface area contributed by atoms with Crippen LogP contribution in [0, 0.1) is 0 Å². The number of thiazole rings is 1. The van der Waals surface area contributed by atoms with Gasteiger partial charge in [0.15, 0.2) is 5.13 Å². The summed E-state index contributed by atoms with van der Waals surface area (Å²) >= 11 is 4.67. The first-order chi connectivity index (χ1) is 11.6. The van der Waals surface area contributed by atoms with Gasteiger partial charge < -0.3 is 5.32 Å². The van der Waals surface area contributed by atoms with Gasteiger partial charge in [0.05, 0.1) is 11.3 Å². The molecule has 0 bridgehead atoms. The van der Waals surface area contributed by atoms with Gasteiger partial charge in [-0.1, -0.05) is 34.1 Å². The zero-order chi connectivity index (χ0) is 16.9. The maximum Gasteiger partial charge on any atom is 0.259 e. The van der Waals surface area contributed by atoms with Crippen LogP contribution in [0.1, 0.15) is 20.7 Å². The number of hydrogen-bond acceptors (Lipinski definition) is 4. The highest BCUT2D eigenvalue weighted by atomic mass is 79.9. The average molecular weight is 402 g/mol. The molecule has 0 fully saturated rings. The Morgan fingerprint density at radius 2 is 1.83 bits per heavy atom. The molecule has 1 heterocycles. The number of rotatable bonds is 4. The van der Waals surface area contributed by atoms with Gasteiger partial charge in [0.25, 0.3) is 11.8 Å². The molecular weight excluding hydrogens is 390 g/mol. The van der Waals surface area contributed by atoms with Crippen LogP contribution in [0.15, 0.2) is 64.6 Å². The van der Waals surface area contributed by atoms with Crippen LogP contribution in [0.25, 0.3) is 0 Å². The first-order valence-corrected chi connectivity index (χ1v) is 8.67. The molecule has 0 saturated heterocycles. The Kier molecular flexibility index (Phi) is 5.02. The van der Waals surface area contributed by atoms with Gasteiger partial charge in [-0.25, -0.2) is 4.98 Å². The van der Waals surface area contributed by atoms with E-state index in [0.717, 1.165) is 4.47 Å². The maximum absolute atomic E-state index is 12.4. The third-order valence-corrected chi connectivity index (χ3v) is 4.34. The predicted molar refractivity (Wildman–Crippen MR) is 98.6 cm³/mol. The molecule has 3 aromatic rings. The van der Waals surface area contributed by atoms with Crippen molar-refractivity contribution in [2.45, 2.75) is 0 Å². The SMILES string of the molecule is O=C(Nc1ccccc1C(=O)Nc1nccs1)c1cccc(Br)c1. The minimum atomic E-state index is -0.324. The molecular formula is C17H12BrN3O2S. The van der Waals surface area contributed by atoms with Crippen LogP contribution in [-0.2, 0) is 0 Å². The van der Waals surface area contributed by atoms with Gasteiger partial charge in [-0.05, 0) is 30.3 Å². The normalized spacial score (nSPS) is 10.2. The fourth-order valence-electron chi connectivity index (χ4n) is 2.06. The summed E-state index contributed by atoms with van der Waals surface area (Å²) in [6.07, 6.45) is 1.61. The van der Waals surface area contributed by atoms with Gasteiger partial charge in [0.1, 0.15) is 0 Å². The molecule has 0 unspecified atom stereocenters. The molecule has 0 aliphatic rings. The first kappa shape index (κ1) is 16.4. The van der Waals surface area contributed by atoms with Gasteiger partial charge >= 0.3 is 0 Å². The van der Waals surface area contributed by atoms with Crippen LogP contribution in [0.3, 0.4) is 0 Å². The molecule has 0 atom stereocenters. The zero-order valence-electron chi connectivity index (χ0n) is 12.3. The molecule has 7 heteroatoms. The van der Waals surface area contributed by atoms with Crippen LogP contribution in [-0.4, -0.2) is 16.8 Å². The summed E-state index contributed by atoms with van der Waals surface area (Å²) in [5, 5.41) is 7.77. The third kappa shape index (κ3) is 3.87. The molecule has 24 heavy (non-hydrogen) atoms. The summed E-state index contributed by atoms with van der Waals surface area (Å²) in [6.45, 7) is 0. The minimum absolute atomic E-state index is 0.286. The van der Waals surface area contributed by atoms with Crippen molar-refractivity contribution in [1.29, 1.82) is 0 Å². The van der Waals surface area contributed by atoms with Crippen LogP contribution in [0.5, 0.6) is 0 Å². The molecule has 2 amide bonds. The average Bonchev–Trinajstić information content (AvgIpc) is 3.08. The molecule has 1 aromatic heterocycles. The molecule has 5 nitrogen and oxygen atoms in total. The molecule has 0 aliphatic carbocycles. The smallest absolute Gasteiger partial charge is 0.259 e. The van der Waals surface area contributed by atoms with Crippen LogP contribution in [0.2, 0.25) is 0 Å². The van der Waals surface area contributed by atoms with E-state index in [-0.39, 0.29) is 11.8 Å². The zero-order valence-corrected chi connectivity index (χ0v) is 14.7. The van der Waals surface area contributed by atoms with Gasteiger partial charge in [-0.2, -0.15) is 0 Å². The number of amides is 2. The van der Waals surface area contributed by atoms with E-state index < -0.39 is 0 Å². The van der Waals surface area contributed by atoms with E-state index in [2.05, 4.69) is 31.5 Å². The quantitative estimate of drug-likeness (QED) is 0.679. The van der Waals surface area contributed by atoms with Crippen LogP contribution >= 0.6 is 27.3 Å². The second-order valence-corrected chi connectivity index (χ2v) is 6.61. The second-order valence-electron chi connectivity index (χ2n) is 4.80. The molecule has 0 aliphatic heterocycles. The van der Waals surface area contributed by atoms with E-state index in [1.54, 1.807) is 54.0 Å². The lowest BCUT2D eigenvalue weighted by atomic mass is 10.1. The second kappa shape index (κ2) is 7.37. The third-order valence-electron chi connectivity index (χ3n) is 3.16. The Balaban J connectivity index is 1.81. The van der Waals surface area contributed by atoms with Crippen molar-refractivity contribution in [3.63, 3.8) is 0 Å². The Hall–Kier alpha value is -2.51. The van der Waals surface area contributed by atoms with Crippen LogP contribution < -0.4 is 10.6 Å². The minimum Gasteiger partial charge on any atom is -0.321 e. The number of nitrogens with zero attached hydrogens (tertiary/aromatic N) is 1. The van der Waals surface area contributed by atoms with E-state index in [0.29, 0.717) is 21.9 Å². The van der Waals surface area contributed by atoms with Gasteiger partial charge in [0, 0.05) is 21.6 Å². The van der Waals surface area contributed by atoms with Crippen molar-refractivity contribution < 1.29 is 9.59 Å². The molecule has 0 radical (unpaired) electrons. The fraction of sp³-hybridized carbons (Fsp3) is 0. The number of halogens is 1. The van der Waals surface area contributed by atoms with Crippen molar-refractivity contribution in [2.24, 2.45) is 0 Å². The van der Waals surface area contributed by atoms with E-state index >= 15 is 0 Å². The van der Waals surface area contributed by atoms with Crippen molar-refractivity contribution in [1.82, 2.24) is 4.98 Å². The lowest BCUT2D eigenvalue weighted by Crippen LogP contribution is -2.18. The lowest BCUT2D eigenvalue weighted by Gasteiger charge is -2.10. The van der Waals surface area contributed by atoms with E-state index in [4.69, 9.17) is 0 Å². The van der Waals surface area contributed by atoms with Crippen molar-refractivity contribution >= 4 is 49.9 Å². The van der Waals surface area contributed by atoms with E-state index in [1.165, 1.54) is 11.3 Å². The first-order valence-electron chi connectivity index (χ1n) is 7.00. The number of anilines is 2. The number of aromatic nitrogens is 1. The number of carbonyl (C=O) groups excluding carboxylic acids is 2. The van der Waals surface area contributed by atoms with Gasteiger partial charge in [0.2, 0.25) is 0 Å². The summed E-state index contributed by atoms with van der Waals surface area (Å²) in [4.78, 5) is 28.8. The number of nitrogens with one attached hydrogen (secondary N) is 2. The fourth-order valence-corrected chi connectivity index (χ4v) is 2.99. The van der Waals surface area contributed by atoms with Crippen molar-refractivity contribution in [3.8, 4) is 0 Å². The largest absolute Gasteiger partial charge is 0.321 e. The Labute approximate surface area is 150 Å². The van der Waals surface area contributed by atoms with Crippen LogP contribution in [0.4, 0.5) is 10.8 Å². The molecule has 0 saturated carbocycles. The molecule has 0 spiro atoms. The summed E-state index contributed by atoms with van der Waals surface area (Å²) in [5.74, 6) is -0.610. The predicted octanol–water partition coefficient (Wildman–Crippen LogP) is 4.41. The van der Waals surface area contributed by atoms with Gasteiger partial charge in [-0.15, -0.1) is 11.3 Å². The summed E-state index contributed by atoms with van der Waals surface area (Å²) in [5.41, 5.74) is 1.31. The van der Waals surface area contributed by atoms with Crippen molar-refractivity contribution in [3.05, 3.63) is 75.7 Å².